The van der Waals surface area contributed by atoms with Crippen molar-refractivity contribution < 1.29 is 17.6 Å². The van der Waals surface area contributed by atoms with Crippen LogP contribution in [0.15, 0.2) is 23.7 Å². The second-order valence-corrected chi connectivity index (χ2v) is 1.37. The van der Waals surface area contributed by atoms with Crippen molar-refractivity contribution in [3.63, 3.8) is 0 Å². The molecule has 0 spiro atoms. The van der Waals surface area contributed by atoms with Crippen LogP contribution in [0.25, 0.3) is 0 Å². The molecule has 0 amide bonds. The minimum absolute atomic E-state index is 0.250. The third-order valence-electron chi connectivity index (χ3n) is 0.143. The highest BCUT2D eigenvalue weighted by Gasteiger charge is 1.94. The molecule has 0 aliphatic carbocycles. The second kappa shape index (κ2) is 7.68. The quantitative estimate of drug-likeness (QED) is 0.533. The molecule has 0 rings (SSSR count). The molecule has 54 valence electrons. The zero-order valence-electron chi connectivity index (χ0n) is 4.17. The highest BCUT2D eigenvalue weighted by atomic mass is 79.9. The van der Waals surface area contributed by atoms with Gasteiger partial charge in [-0.05, 0) is 15.9 Å². The van der Waals surface area contributed by atoms with Crippen molar-refractivity contribution >= 4 is 15.9 Å². The van der Waals surface area contributed by atoms with Gasteiger partial charge in [-0.3, -0.25) is 0 Å². The molecule has 0 heterocycles. The summed E-state index contributed by atoms with van der Waals surface area (Å²) in [6, 6.07) is 0. The van der Waals surface area contributed by atoms with Gasteiger partial charge in [0.15, 0.2) is 0 Å². The Hall–Kier alpha value is -0.320. The standard InChI is InChI=1S/C2BrF3.C2H3F/c3-1(4)2(5)6;1-2-3/h;2H,1H2. The van der Waals surface area contributed by atoms with E-state index in [0.29, 0.717) is 0 Å². The Morgan fingerprint density at radius 2 is 1.44 bits per heavy atom. The van der Waals surface area contributed by atoms with E-state index >= 15 is 0 Å². The van der Waals surface area contributed by atoms with Gasteiger partial charge in [0.1, 0.15) is 0 Å². The first-order valence-electron chi connectivity index (χ1n) is 1.63. The Bertz CT molecular complexity index is 91.1. The van der Waals surface area contributed by atoms with E-state index in [9.17, 15) is 17.6 Å². The van der Waals surface area contributed by atoms with Gasteiger partial charge in [-0.2, -0.15) is 13.2 Å². The summed E-state index contributed by atoms with van der Waals surface area (Å²) >= 11 is 1.90. The van der Waals surface area contributed by atoms with Gasteiger partial charge in [-0.1, -0.05) is 6.58 Å². The number of hydrogen-bond donors (Lipinski definition) is 0. The average Bonchev–Trinajstić information content (AvgIpc) is 1.68. The molecule has 0 aromatic rings. The Labute approximate surface area is 58.0 Å². The molecule has 0 aliphatic heterocycles. The summed E-state index contributed by atoms with van der Waals surface area (Å²) in [4.78, 5) is 0. The molecule has 0 unspecified atom stereocenters. The Kier molecular flexibility index (Phi) is 9.79. The van der Waals surface area contributed by atoms with E-state index in [0.717, 1.165) is 0 Å². The normalized spacial score (nSPS) is 6.78. The van der Waals surface area contributed by atoms with Crippen molar-refractivity contribution in [2.45, 2.75) is 0 Å². The summed E-state index contributed by atoms with van der Waals surface area (Å²) < 4.78 is 40.6. The van der Waals surface area contributed by atoms with Gasteiger partial charge in [0, 0.05) is 0 Å². The number of hydrogen-bond acceptors (Lipinski definition) is 0. The lowest BCUT2D eigenvalue weighted by Gasteiger charge is -1.71. The molecule has 0 N–H and O–H groups in total. The van der Waals surface area contributed by atoms with Crippen LogP contribution in [0.3, 0.4) is 0 Å². The van der Waals surface area contributed by atoms with Crippen LogP contribution in [0.1, 0.15) is 0 Å². The molecule has 0 fully saturated rings. The van der Waals surface area contributed by atoms with E-state index < -0.39 is 10.8 Å². The monoisotopic (exact) mass is 206 g/mol. The maximum Gasteiger partial charge on any atom is 0.312 e. The zero-order valence-corrected chi connectivity index (χ0v) is 5.76. The molecular weight excluding hydrogens is 204 g/mol. The second-order valence-electron chi connectivity index (χ2n) is 0.675. The Morgan fingerprint density at radius 1 is 1.33 bits per heavy atom. The molecule has 0 aliphatic rings. The van der Waals surface area contributed by atoms with E-state index in [2.05, 4.69) is 6.58 Å². The summed E-state index contributed by atoms with van der Waals surface area (Å²) in [5, 5.41) is 0. The molecule has 9 heavy (non-hydrogen) atoms. The summed E-state index contributed by atoms with van der Waals surface area (Å²) in [5.74, 6) is 0. The molecule has 0 radical (unpaired) electrons. The Morgan fingerprint density at radius 3 is 1.44 bits per heavy atom. The zero-order chi connectivity index (χ0) is 7.86. The van der Waals surface area contributed by atoms with E-state index in [1.807, 2.05) is 15.9 Å². The smallest absolute Gasteiger partial charge is 0.216 e. The van der Waals surface area contributed by atoms with Crippen LogP contribution < -0.4 is 0 Å². The van der Waals surface area contributed by atoms with Gasteiger partial charge in [-0.25, -0.2) is 4.39 Å². The molecule has 0 aromatic heterocycles. The summed E-state index contributed by atoms with van der Waals surface area (Å²) in [5.41, 5.74) is 0. The fraction of sp³-hybridized carbons (Fsp3) is 0. The minimum atomic E-state index is -2.32. The minimum Gasteiger partial charge on any atom is -0.216 e. The highest BCUT2D eigenvalue weighted by molar-refractivity contribution is 9.11. The van der Waals surface area contributed by atoms with E-state index in [1.165, 1.54) is 0 Å². The SMILES string of the molecule is C=CF.FC(F)=C(F)Br. The third-order valence-corrected chi connectivity index (χ3v) is 0.443. The summed E-state index contributed by atoms with van der Waals surface area (Å²) in [6.45, 7) is 2.69. The molecule has 0 nitrogen and oxygen atoms in total. The van der Waals surface area contributed by atoms with Gasteiger partial charge in [0.05, 0.1) is 6.33 Å². The van der Waals surface area contributed by atoms with E-state index in [-0.39, 0.29) is 6.33 Å². The highest BCUT2D eigenvalue weighted by Crippen LogP contribution is 2.14. The predicted molar refractivity (Wildman–Crippen MR) is 30.6 cm³/mol. The molecular formula is C4H3BrF4. The lowest BCUT2D eigenvalue weighted by atomic mass is 11.1. The van der Waals surface area contributed by atoms with Gasteiger partial charge in [0.2, 0.25) is 4.74 Å². The first-order valence-corrected chi connectivity index (χ1v) is 2.43. The van der Waals surface area contributed by atoms with Crippen LogP contribution >= 0.6 is 15.9 Å². The lowest BCUT2D eigenvalue weighted by Crippen LogP contribution is -1.53. The van der Waals surface area contributed by atoms with Crippen molar-refractivity contribution in [3.8, 4) is 0 Å². The van der Waals surface area contributed by atoms with Crippen LogP contribution in [0.2, 0.25) is 0 Å². The first-order chi connectivity index (χ1) is 4.06. The van der Waals surface area contributed by atoms with Crippen molar-refractivity contribution in [3.05, 3.63) is 23.7 Å². The van der Waals surface area contributed by atoms with Crippen LogP contribution in [0.5, 0.6) is 0 Å². The molecule has 0 saturated heterocycles. The van der Waals surface area contributed by atoms with Crippen molar-refractivity contribution in [1.82, 2.24) is 0 Å². The van der Waals surface area contributed by atoms with Crippen LogP contribution in [-0.4, -0.2) is 0 Å². The number of rotatable bonds is 0. The maximum atomic E-state index is 10.9. The largest absolute Gasteiger partial charge is 0.312 e. The topological polar surface area (TPSA) is 0 Å². The van der Waals surface area contributed by atoms with Gasteiger partial charge in [-0.15, -0.1) is 0 Å². The van der Waals surface area contributed by atoms with Gasteiger partial charge in [0.25, 0.3) is 0 Å². The third kappa shape index (κ3) is 18.3. The van der Waals surface area contributed by atoms with Crippen molar-refractivity contribution in [1.29, 1.82) is 0 Å². The predicted octanol–water partition coefficient (Wildman–Crippen LogP) is 3.52. The van der Waals surface area contributed by atoms with Crippen LogP contribution in [0, 0.1) is 0 Å². The van der Waals surface area contributed by atoms with E-state index in [4.69, 9.17) is 0 Å². The molecule has 0 aromatic carbocycles. The molecule has 0 atom stereocenters. The lowest BCUT2D eigenvalue weighted by molar-refractivity contribution is 0.396. The summed E-state index contributed by atoms with van der Waals surface area (Å²) in [7, 11) is 0. The van der Waals surface area contributed by atoms with Gasteiger partial charge < -0.3 is 0 Å². The summed E-state index contributed by atoms with van der Waals surface area (Å²) in [6.07, 6.45) is -2.07. The Balaban J connectivity index is 0. The maximum absolute atomic E-state index is 10.9. The fourth-order valence-electron chi connectivity index (χ4n) is 0. The van der Waals surface area contributed by atoms with Crippen molar-refractivity contribution in [2.75, 3.05) is 0 Å². The van der Waals surface area contributed by atoms with Crippen LogP contribution in [0.4, 0.5) is 17.6 Å². The van der Waals surface area contributed by atoms with Crippen LogP contribution in [-0.2, 0) is 0 Å². The molecule has 0 bridgehead atoms. The van der Waals surface area contributed by atoms with Gasteiger partial charge >= 0.3 is 6.08 Å². The number of halogens is 5. The molecule has 0 saturated carbocycles. The van der Waals surface area contributed by atoms with E-state index in [1.54, 1.807) is 0 Å². The van der Waals surface area contributed by atoms with Crippen molar-refractivity contribution in [2.24, 2.45) is 0 Å². The first kappa shape index (κ1) is 11.5. The molecule has 5 heteroatoms. The average molecular weight is 207 g/mol. The fourth-order valence-corrected chi connectivity index (χ4v) is 0.